The van der Waals surface area contributed by atoms with Gasteiger partial charge in [0, 0.05) is 43.7 Å². The molecule has 7 heteroatoms. The molecule has 0 atom stereocenters. The second-order valence-electron chi connectivity index (χ2n) is 9.42. The molecular weight excluding hydrogens is 404 g/mol. The van der Waals surface area contributed by atoms with E-state index in [2.05, 4.69) is 20.1 Å². The number of nitrogens with zero attached hydrogens (tertiary/aromatic N) is 2. The fraction of sp³-hybridized carbons (Fsp3) is 0.640. The quantitative estimate of drug-likeness (QED) is 0.666. The number of rotatable bonds is 7. The summed E-state index contributed by atoms with van der Waals surface area (Å²) in [7, 11) is 0. The number of benzene rings is 1. The van der Waals surface area contributed by atoms with E-state index in [1.807, 2.05) is 38.1 Å². The highest BCUT2D eigenvalue weighted by Crippen LogP contribution is 2.30. The Morgan fingerprint density at radius 2 is 1.75 bits per heavy atom. The third-order valence-electron chi connectivity index (χ3n) is 6.51. The van der Waals surface area contributed by atoms with Gasteiger partial charge in [0.2, 0.25) is 5.88 Å². The summed E-state index contributed by atoms with van der Waals surface area (Å²) in [6.07, 6.45) is 7.07. The molecule has 2 N–H and O–H groups in total. The van der Waals surface area contributed by atoms with Gasteiger partial charge in [-0.25, -0.2) is 4.79 Å². The average molecular weight is 443 g/mol. The number of H-pyrrole nitrogens is 1. The van der Waals surface area contributed by atoms with Crippen LogP contribution in [0.2, 0.25) is 0 Å². The van der Waals surface area contributed by atoms with Crippen molar-refractivity contribution in [2.24, 2.45) is 0 Å². The highest BCUT2D eigenvalue weighted by Gasteiger charge is 2.22. The Kier molecular flexibility index (Phi) is 7.92. The normalized spacial score (nSPS) is 19.2. The van der Waals surface area contributed by atoms with Gasteiger partial charge in [0.15, 0.2) is 0 Å². The van der Waals surface area contributed by atoms with E-state index in [0.717, 1.165) is 49.1 Å². The lowest BCUT2D eigenvalue weighted by molar-refractivity contribution is 0.157. The number of fused-ring (bicyclic) bond motifs is 1. The van der Waals surface area contributed by atoms with Gasteiger partial charge in [-0.2, -0.15) is 0 Å². The molecule has 1 aromatic carbocycles. The maximum atomic E-state index is 12.5. The van der Waals surface area contributed by atoms with E-state index in [1.54, 1.807) is 0 Å². The Balaban J connectivity index is 1.21. The second kappa shape index (κ2) is 11.1. The average Bonchev–Trinajstić information content (AvgIpc) is 2.99. The molecule has 4 rings (SSSR count). The van der Waals surface area contributed by atoms with Crippen LogP contribution in [-0.4, -0.2) is 72.3 Å². The molecule has 2 fully saturated rings. The Morgan fingerprint density at radius 3 is 2.44 bits per heavy atom. The Morgan fingerprint density at radius 1 is 1.06 bits per heavy atom. The van der Waals surface area contributed by atoms with Gasteiger partial charge in [-0.3, -0.25) is 0 Å². The number of hydrogen-bond donors (Lipinski definition) is 2. The molecule has 7 nitrogen and oxygen atoms in total. The van der Waals surface area contributed by atoms with E-state index in [1.165, 1.54) is 45.3 Å². The smallest absolute Gasteiger partial charge is 0.414 e. The number of carbonyl (C=O) groups is 1. The third kappa shape index (κ3) is 6.39. The summed E-state index contributed by atoms with van der Waals surface area (Å²) in [4.78, 5) is 20.8. The van der Waals surface area contributed by atoms with Gasteiger partial charge in [0.25, 0.3) is 0 Å². The van der Waals surface area contributed by atoms with E-state index in [4.69, 9.17) is 9.47 Å². The molecular formula is C25H38N4O3. The summed E-state index contributed by atoms with van der Waals surface area (Å²) in [6.45, 7) is 10.9. The summed E-state index contributed by atoms with van der Waals surface area (Å²) in [5.41, 5.74) is 0.892. The molecule has 2 saturated heterocycles. The number of piperidine rings is 1. The number of hydrogen-bond acceptors (Lipinski definition) is 5. The van der Waals surface area contributed by atoms with E-state index < -0.39 is 6.09 Å². The van der Waals surface area contributed by atoms with Crippen molar-refractivity contribution < 1.29 is 14.3 Å². The van der Waals surface area contributed by atoms with Crippen LogP contribution in [0.3, 0.4) is 0 Å². The van der Waals surface area contributed by atoms with Crippen LogP contribution in [0.4, 0.5) is 4.79 Å². The first-order chi connectivity index (χ1) is 15.6. The van der Waals surface area contributed by atoms with Crippen molar-refractivity contribution in [3.8, 4) is 11.6 Å². The molecule has 2 aliphatic rings. The minimum atomic E-state index is -0.397. The molecule has 0 unspecified atom stereocenters. The lowest BCUT2D eigenvalue weighted by Gasteiger charge is -2.33. The molecule has 2 aliphatic heterocycles. The van der Waals surface area contributed by atoms with E-state index >= 15 is 0 Å². The molecule has 1 amide bonds. The number of nitrogens with one attached hydrogen (secondary N) is 2. The van der Waals surface area contributed by atoms with Crippen molar-refractivity contribution >= 4 is 17.0 Å². The second-order valence-corrected chi connectivity index (χ2v) is 9.42. The van der Waals surface area contributed by atoms with Crippen LogP contribution in [0, 0.1) is 0 Å². The Hall–Kier alpha value is -2.25. The monoisotopic (exact) mass is 442 g/mol. The lowest BCUT2D eigenvalue weighted by atomic mass is 10.1. The number of carbonyl (C=O) groups excluding carboxylic acids is 1. The molecule has 0 spiro atoms. The van der Waals surface area contributed by atoms with E-state index in [0.29, 0.717) is 5.88 Å². The number of likely N-dealkylation sites (tertiary alicyclic amines) is 2. The molecule has 32 heavy (non-hydrogen) atoms. The lowest BCUT2D eigenvalue weighted by Crippen LogP contribution is -2.47. The summed E-state index contributed by atoms with van der Waals surface area (Å²) in [5, 5.41) is 3.96. The van der Waals surface area contributed by atoms with Gasteiger partial charge in [-0.05, 0) is 64.8 Å². The maximum Gasteiger partial charge on any atom is 0.414 e. The zero-order chi connectivity index (χ0) is 22.3. The Labute approximate surface area is 191 Å². The van der Waals surface area contributed by atoms with Crippen LogP contribution in [0.5, 0.6) is 11.6 Å². The maximum absolute atomic E-state index is 12.5. The van der Waals surface area contributed by atoms with Crippen molar-refractivity contribution in [2.75, 3.05) is 39.3 Å². The molecule has 0 bridgehead atoms. The molecule has 3 heterocycles. The molecule has 0 radical (unpaired) electrons. The van der Waals surface area contributed by atoms with Crippen molar-refractivity contribution in [2.45, 2.75) is 64.5 Å². The summed E-state index contributed by atoms with van der Waals surface area (Å²) in [5.74, 6) is 1.23. The number of ether oxygens (including phenoxy) is 2. The third-order valence-corrected chi connectivity index (χ3v) is 6.51. The first-order valence-corrected chi connectivity index (χ1v) is 12.3. The standard InChI is InChI=1S/C25H38N4O3/c1-19(2)31-23-9-7-8-22-21(23)18-24(27-22)32-25(30)26-20-10-14-29(15-11-20)17-16-28-12-5-3-4-6-13-28/h7-9,18-20,27H,3-6,10-17H2,1-2H3,(H,26,30). The van der Waals surface area contributed by atoms with Crippen molar-refractivity contribution in [3.63, 3.8) is 0 Å². The van der Waals surface area contributed by atoms with Crippen LogP contribution in [-0.2, 0) is 0 Å². The van der Waals surface area contributed by atoms with Crippen molar-refractivity contribution in [1.82, 2.24) is 20.1 Å². The van der Waals surface area contributed by atoms with Gasteiger partial charge >= 0.3 is 6.09 Å². The molecule has 0 saturated carbocycles. The topological polar surface area (TPSA) is 69.8 Å². The van der Waals surface area contributed by atoms with Crippen LogP contribution in [0.25, 0.3) is 10.9 Å². The SMILES string of the molecule is CC(C)Oc1cccc2[nH]c(OC(=O)NC3CCN(CCN4CCCCCC4)CC3)cc12. The largest absolute Gasteiger partial charge is 0.490 e. The van der Waals surface area contributed by atoms with Gasteiger partial charge < -0.3 is 29.6 Å². The molecule has 0 aliphatic carbocycles. The van der Waals surface area contributed by atoms with Gasteiger partial charge in [0.05, 0.1) is 11.6 Å². The van der Waals surface area contributed by atoms with Gasteiger partial charge in [-0.15, -0.1) is 0 Å². The van der Waals surface area contributed by atoms with Crippen LogP contribution in [0.15, 0.2) is 24.3 Å². The van der Waals surface area contributed by atoms with Gasteiger partial charge in [-0.1, -0.05) is 18.9 Å². The zero-order valence-electron chi connectivity index (χ0n) is 19.6. The minimum absolute atomic E-state index is 0.0818. The van der Waals surface area contributed by atoms with Crippen LogP contribution in [0.1, 0.15) is 52.4 Å². The predicted molar refractivity (Wildman–Crippen MR) is 128 cm³/mol. The van der Waals surface area contributed by atoms with Crippen LogP contribution < -0.4 is 14.8 Å². The first-order valence-electron chi connectivity index (χ1n) is 12.3. The number of aromatic nitrogens is 1. The number of aromatic amines is 1. The zero-order valence-corrected chi connectivity index (χ0v) is 19.6. The highest BCUT2D eigenvalue weighted by molar-refractivity contribution is 5.88. The fourth-order valence-electron chi connectivity index (χ4n) is 4.75. The van der Waals surface area contributed by atoms with Crippen molar-refractivity contribution in [1.29, 1.82) is 0 Å². The Bertz CT molecular complexity index is 865. The molecule has 1 aromatic heterocycles. The number of amides is 1. The molecule has 2 aromatic rings. The van der Waals surface area contributed by atoms with E-state index in [-0.39, 0.29) is 12.1 Å². The fourth-order valence-corrected chi connectivity index (χ4v) is 4.75. The summed E-state index contributed by atoms with van der Waals surface area (Å²) in [6, 6.07) is 7.81. The molecule has 176 valence electrons. The summed E-state index contributed by atoms with van der Waals surface area (Å²) >= 11 is 0. The van der Waals surface area contributed by atoms with Gasteiger partial charge in [0.1, 0.15) is 5.75 Å². The minimum Gasteiger partial charge on any atom is -0.490 e. The summed E-state index contributed by atoms with van der Waals surface area (Å²) < 4.78 is 11.4. The predicted octanol–water partition coefficient (Wildman–Crippen LogP) is 4.38. The van der Waals surface area contributed by atoms with Crippen LogP contribution >= 0.6 is 0 Å². The van der Waals surface area contributed by atoms with E-state index in [9.17, 15) is 4.79 Å². The van der Waals surface area contributed by atoms with Crippen molar-refractivity contribution in [3.05, 3.63) is 24.3 Å². The first kappa shape index (κ1) is 22.9. The highest BCUT2D eigenvalue weighted by atomic mass is 16.6.